The number of hydrogen-bond donors (Lipinski definition) is 1. The molecule has 2 fully saturated rings. The summed E-state index contributed by atoms with van der Waals surface area (Å²) < 4.78 is 0. The van der Waals surface area contributed by atoms with E-state index < -0.39 is 0 Å². The van der Waals surface area contributed by atoms with Crippen LogP contribution in [0.15, 0.2) is 0 Å². The van der Waals surface area contributed by atoms with Crippen LogP contribution in [0, 0.1) is 0 Å². The third-order valence-corrected chi connectivity index (χ3v) is 3.15. The van der Waals surface area contributed by atoms with Crippen molar-refractivity contribution in [2.45, 2.75) is 38.3 Å². The first-order chi connectivity index (χ1) is 5.42. The van der Waals surface area contributed by atoms with E-state index in [4.69, 9.17) is 0 Å². The van der Waals surface area contributed by atoms with E-state index in [-0.39, 0.29) is 0 Å². The Balaban J connectivity index is 2.00. The summed E-state index contributed by atoms with van der Waals surface area (Å²) in [5, 5.41) is 3.58. The van der Waals surface area contributed by atoms with E-state index in [0.717, 1.165) is 12.1 Å². The molecule has 0 radical (unpaired) electrons. The van der Waals surface area contributed by atoms with Gasteiger partial charge in [-0.1, -0.05) is 6.92 Å². The van der Waals surface area contributed by atoms with E-state index in [1.807, 2.05) is 0 Å². The number of hydrogen-bond acceptors (Lipinski definition) is 2. The van der Waals surface area contributed by atoms with E-state index in [2.05, 4.69) is 17.1 Å². The molecule has 0 aromatic carbocycles. The van der Waals surface area contributed by atoms with Crippen LogP contribution >= 0.6 is 0 Å². The Labute approximate surface area is 69.0 Å². The first kappa shape index (κ1) is 7.56. The van der Waals surface area contributed by atoms with E-state index in [9.17, 15) is 0 Å². The maximum atomic E-state index is 3.58. The predicted octanol–water partition coefficient (Wildman–Crippen LogP) is 0.833. The van der Waals surface area contributed by atoms with Gasteiger partial charge in [-0.05, 0) is 38.9 Å². The van der Waals surface area contributed by atoms with Crippen LogP contribution in [-0.4, -0.2) is 36.6 Å². The minimum absolute atomic E-state index is 0.823. The number of fused-ring (bicyclic) bond motifs is 1. The average Bonchev–Trinajstić information content (AvgIpc) is 2.50. The number of nitrogens with one attached hydrogen (secondary N) is 1. The van der Waals surface area contributed by atoms with Gasteiger partial charge in [0.25, 0.3) is 0 Å². The largest absolute Gasteiger partial charge is 0.312 e. The van der Waals surface area contributed by atoms with Crippen molar-refractivity contribution in [3.63, 3.8) is 0 Å². The average molecular weight is 154 g/mol. The molecule has 2 nitrogen and oxygen atoms in total. The highest BCUT2D eigenvalue weighted by Crippen LogP contribution is 2.23. The molecule has 64 valence electrons. The molecule has 2 atom stereocenters. The maximum Gasteiger partial charge on any atom is 0.0261 e. The van der Waals surface area contributed by atoms with Gasteiger partial charge in [0.2, 0.25) is 0 Å². The van der Waals surface area contributed by atoms with Gasteiger partial charge < -0.3 is 5.32 Å². The summed E-state index contributed by atoms with van der Waals surface area (Å²) in [6, 6.07) is 1.69. The lowest BCUT2D eigenvalue weighted by Crippen LogP contribution is -2.48. The Morgan fingerprint density at radius 3 is 3.18 bits per heavy atom. The third kappa shape index (κ3) is 1.30. The summed E-state index contributed by atoms with van der Waals surface area (Å²) in [7, 11) is 0. The normalized spacial score (nSPS) is 39.0. The Hall–Kier alpha value is -0.0800. The van der Waals surface area contributed by atoms with Crippen LogP contribution in [0.4, 0.5) is 0 Å². The minimum atomic E-state index is 0.823. The zero-order valence-electron chi connectivity index (χ0n) is 7.34. The van der Waals surface area contributed by atoms with Gasteiger partial charge >= 0.3 is 0 Å². The third-order valence-electron chi connectivity index (χ3n) is 3.15. The monoisotopic (exact) mass is 154 g/mol. The summed E-state index contributed by atoms with van der Waals surface area (Å²) in [4.78, 5) is 2.63. The molecule has 0 bridgehead atoms. The lowest BCUT2D eigenvalue weighted by atomic mass is 9.98. The van der Waals surface area contributed by atoms with E-state index in [1.165, 1.54) is 38.9 Å². The van der Waals surface area contributed by atoms with Gasteiger partial charge in [-0.25, -0.2) is 0 Å². The van der Waals surface area contributed by atoms with Crippen molar-refractivity contribution in [3.8, 4) is 0 Å². The molecule has 0 aromatic heterocycles. The zero-order valence-corrected chi connectivity index (χ0v) is 7.34. The molecule has 11 heavy (non-hydrogen) atoms. The first-order valence-electron chi connectivity index (χ1n) is 4.89. The highest BCUT2D eigenvalue weighted by molar-refractivity contribution is 4.93. The van der Waals surface area contributed by atoms with Crippen LogP contribution in [0.1, 0.15) is 26.2 Å². The smallest absolute Gasteiger partial charge is 0.0261 e. The van der Waals surface area contributed by atoms with Crippen molar-refractivity contribution >= 4 is 0 Å². The summed E-state index contributed by atoms with van der Waals surface area (Å²) in [5.74, 6) is 0. The molecule has 2 saturated heterocycles. The fraction of sp³-hybridized carbons (Fsp3) is 1.00. The highest BCUT2D eigenvalue weighted by Gasteiger charge is 2.33. The molecule has 0 spiro atoms. The molecule has 2 rings (SSSR count). The number of piperidine rings is 1. The SMILES string of the molecule is CCN1CCC[C@H]2NCC[C@H]21. The predicted molar refractivity (Wildman–Crippen MR) is 46.7 cm³/mol. The van der Waals surface area contributed by atoms with Crippen LogP contribution in [0.25, 0.3) is 0 Å². The van der Waals surface area contributed by atoms with Crippen molar-refractivity contribution in [1.82, 2.24) is 10.2 Å². The fourth-order valence-electron chi connectivity index (χ4n) is 2.56. The number of rotatable bonds is 1. The van der Waals surface area contributed by atoms with Crippen LogP contribution in [0.5, 0.6) is 0 Å². The van der Waals surface area contributed by atoms with Gasteiger partial charge in [-0.2, -0.15) is 0 Å². The van der Waals surface area contributed by atoms with Gasteiger partial charge in [0.15, 0.2) is 0 Å². The molecule has 0 saturated carbocycles. The quantitative estimate of drug-likeness (QED) is 0.602. The first-order valence-corrected chi connectivity index (χ1v) is 4.89. The summed E-state index contributed by atoms with van der Waals surface area (Å²) in [5.41, 5.74) is 0. The zero-order chi connectivity index (χ0) is 7.68. The number of nitrogens with zero attached hydrogens (tertiary/aromatic N) is 1. The van der Waals surface area contributed by atoms with Gasteiger partial charge in [0, 0.05) is 12.1 Å². The second-order valence-corrected chi connectivity index (χ2v) is 3.69. The molecule has 0 amide bonds. The molecule has 2 heterocycles. The Morgan fingerprint density at radius 1 is 1.45 bits per heavy atom. The van der Waals surface area contributed by atoms with Crippen LogP contribution in [0.2, 0.25) is 0 Å². The molecule has 2 heteroatoms. The van der Waals surface area contributed by atoms with Crippen molar-refractivity contribution in [1.29, 1.82) is 0 Å². The van der Waals surface area contributed by atoms with Gasteiger partial charge in [0.05, 0.1) is 0 Å². The molecule has 0 aliphatic carbocycles. The second kappa shape index (κ2) is 3.11. The Kier molecular flexibility index (Phi) is 2.14. The molecule has 2 aliphatic heterocycles. The van der Waals surface area contributed by atoms with Gasteiger partial charge in [0.1, 0.15) is 0 Å². The van der Waals surface area contributed by atoms with Crippen molar-refractivity contribution < 1.29 is 0 Å². The second-order valence-electron chi connectivity index (χ2n) is 3.69. The van der Waals surface area contributed by atoms with E-state index >= 15 is 0 Å². The molecular weight excluding hydrogens is 136 g/mol. The maximum absolute atomic E-state index is 3.58. The number of likely N-dealkylation sites (tertiary alicyclic amines) is 1. The topological polar surface area (TPSA) is 15.3 Å². The van der Waals surface area contributed by atoms with Crippen LogP contribution in [-0.2, 0) is 0 Å². The van der Waals surface area contributed by atoms with Crippen LogP contribution < -0.4 is 5.32 Å². The van der Waals surface area contributed by atoms with Crippen molar-refractivity contribution in [3.05, 3.63) is 0 Å². The molecule has 0 unspecified atom stereocenters. The van der Waals surface area contributed by atoms with Gasteiger partial charge in [-0.3, -0.25) is 4.90 Å². The van der Waals surface area contributed by atoms with Gasteiger partial charge in [-0.15, -0.1) is 0 Å². The highest BCUT2D eigenvalue weighted by atomic mass is 15.2. The summed E-state index contributed by atoms with van der Waals surface area (Å²) in [6.45, 7) is 6.09. The number of likely N-dealkylation sites (N-methyl/N-ethyl adjacent to an activating group) is 1. The standard InChI is InChI=1S/C9H18N2/c1-2-11-7-3-4-8-9(11)5-6-10-8/h8-10H,2-7H2,1H3/t8-,9-/m1/s1. The lowest BCUT2D eigenvalue weighted by Gasteiger charge is -2.36. The molecule has 2 aliphatic rings. The fourth-order valence-corrected chi connectivity index (χ4v) is 2.56. The Bertz CT molecular complexity index is 136. The minimum Gasteiger partial charge on any atom is -0.312 e. The van der Waals surface area contributed by atoms with Crippen molar-refractivity contribution in [2.24, 2.45) is 0 Å². The van der Waals surface area contributed by atoms with Crippen LogP contribution in [0.3, 0.4) is 0 Å². The van der Waals surface area contributed by atoms with E-state index in [1.54, 1.807) is 0 Å². The van der Waals surface area contributed by atoms with Crippen molar-refractivity contribution in [2.75, 3.05) is 19.6 Å². The molecular formula is C9H18N2. The summed E-state index contributed by atoms with van der Waals surface area (Å²) in [6.07, 6.45) is 4.17. The lowest BCUT2D eigenvalue weighted by molar-refractivity contribution is 0.146. The van der Waals surface area contributed by atoms with E-state index in [0.29, 0.717) is 0 Å². The molecule has 1 N–H and O–H groups in total. The molecule has 0 aromatic rings. The summed E-state index contributed by atoms with van der Waals surface area (Å²) >= 11 is 0. The Morgan fingerprint density at radius 2 is 2.36 bits per heavy atom.